The molecule has 3 heterocycles. The van der Waals surface area contributed by atoms with Crippen LogP contribution in [0.1, 0.15) is 34.3 Å². The lowest BCUT2D eigenvalue weighted by Gasteiger charge is -2.32. The summed E-state index contributed by atoms with van der Waals surface area (Å²) in [5.74, 6) is 0.248. The molecule has 5 rings (SSSR count). The summed E-state index contributed by atoms with van der Waals surface area (Å²) in [7, 11) is -2.97. The number of anilines is 1. The van der Waals surface area contributed by atoms with E-state index in [1.54, 1.807) is 0 Å². The van der Waals surface area contributed by atoms with Gasteiger partial charge in [-0.15, -0.1) is 0 Å². The number of amidine groups is 1. The summed E-state index contributed by atoms with van der Waals surface area (Å²) in [6.45, 7) is 4.87. The number of sulfone groups is 1. The molecule has 180 valence electrons. The molecule has 2 fully saturated rings. The molecule has 0 unspecified atom stereocenters. The average molecular weight is 499 g/mol. The van der Waals surface area contributed by atoms with Crippen molar-refractivity contribution in [2.75, 3.05) is 29.9 Å². The van der Waals surface area contributed by atoms with Crippen molar-refractivity contribution in [3.63, 3.8) is 0 Å². The Labute approximate surface area is 205 Å². The van der Waals surface area contributed by atoms with E-state index in [1.807, 2.05) is 31.2 Å². The van der Waals surface area contributed by atoms with Gasteiger partial charge in [0.15, 0.2) is 15.0 Å². The fraction of sp³-hybridized carbons (Fsp3) is 0.440. The lowest BCUT2D eigenvalue weighted by molar-refractivity contribution is 0.0909. The van der Waals surface area contributed by atoms with E-state index < -0.39 is 9.84 Å². The molecule has 0 bridgehead atoms. The number of rotatable bonds is 5. The molecule has 0 aliphatic carbocycles. The van der Waals surface area contributed by atoms with Crippen molar-refractivity contribution in [1.82, 2.24) is 10.2 Å². The fourth-order valence-electron chi connectivity index (χ4n) is 4.77. The number of carbonyl (C=O) groups excluding carboxylic acids is 1. The largest absolute Gasteiger partial charge is 0.349 e. The second-order valence-electron chi connectivity index (χ2n) is 9.40. The Morgan fingerprint density at radius 1 is 1.12 bits per heavy atom. The fourth-order valence-corrected chi connectivity index (χ4v) is 8.44. The van der Waals surface area contributed by atoms with E-state index in [0.29, 0.717) is 5.56 Å². The number of amides is 1. The van der Waals surface area contributed by atoms with Crippen molar-refractivity contribution < 1.29 is 13.2 Å². The maximum absolute atomic E-state index is 13.0. The number of nitrogens with one attached hydrogen (secondary N) is 2. The van der Waals surface area contributed by atoms with Gasteiger partial charge in [-0.05, 0) is 43.0 Å². The first-order chi connectivity index (χ1) is 16.3. The number of carbonyl (C=O) groups is 1. The number of likely N-dealkylation sites (tertiary alicyclic amines) is 1. The number of fused-ring (bicyclic) bond motifs is 1. The Bertz CT molecular complexity index is 1190. The zero-order valence-corrected chi connectivity index (χ0v) is 20.9. The van der Waals surface area contributed by atoms with Gasteiger partial charge in [0.05, 0.1) is 17.5 Å². The third-order valence-corrected chi connectivity index (χ3v) is 9.87. The second kappa shape index (κ2) is 9.71. The molecule has 2 saturated heterocycles. The van der Waals surface area contributed by atoms with E-state index >= 15 is 0 Å². The maximum Gasteiger partial charge on any atom is 0.251 e. The predicted molar refractivity (Wildman–Crippen MR) is 138 cm³/mol. The molecule has 2 aromatic carbocycles. The van der Waals surface area contributed by atoms with E-state index in [4.69, 9.17) is 0 Å². The molecule has 0 radical (unpaired) electrons. The third-order valence-electron chi connectivity index (χ3n) is 6.73. The Hall–Kier alpha value is -2.36. The van der Waals surface area contributed by atoms with Gasteiger partial charge in [0.1, 0.15) is 0 Å². The van der Waals surface area contributed by atoms with Gasteiger partial charge in [0.2, 0.25) is 0 Å². The quantitative estimate of drug-likeness (QED) is 0.659. The molecule has 3 aliphatic heterocycles. The highest BCUT2D eigenvalue weighted by molar-refractivity contribution is 8.15. The van der Waals surface area contributed by atoms with Gasteiger partial charge >= 0.3 is 0 Å². The molecule has 34 heavy (non-hydrogen) atoms. The summed E-state index contributed by atoms with van der Waals surface area (Å²) in [5, 5.41) is 7.26. The minimum atomic E-state index is -2.97. The number of thioether (sulfide) groups is 1. The Kier molecular flexibility index (Phi) is 6.68. The molecule has 7 nitrogen and oxygen atoms in total. The Balaban J connectivity index is 1.16. The normalized spacial score (nSPS) is 24.4. The van der Waals surface area contributed by atoms with Crippen LogP contribution < -0.4 is 10.6 Å². The standard InChI is InChI=1S/C25H30N4O3S2/c1-17-7-8-19(13-21(17)27-25-28-22-15-34(31,32)16-23(22)33-25)24(30)26-20-9-11-29(12-10-20)14-18-5-3-2-4-6-18/h2-8,13,20,22-23H,9-12,14-16H2,1H3,(H,26,30)(H,27,28)/t22-,23+/m0/s1. The Morgan fingerprint density at radius 2 is 1.88 bits per heavy atom. The SMILES string of the molecule is Cc1ccc(C(=O)NC2CCN(Cc3ccccc3)CC2)cc1NC1=N[C@H]2CS(=O)(=O)C[C@H]2S1. The van der Waals surface area contributed by atoms with Crippen LogP contribution in [0.2, 0.25) is 0 Å². The van der Waals surface area contributed by atoms with Crippen LogP contribution in [0, 0.1) is 6.92 Å². The number of piperidine rings is 1. The van der Waals surface area contributed by atoms with Crippen LogP contribution in [0.5, 0.6) is 0 Å². The molecule has 0 spiro atoms. The average Bonchev–Trinajstić information content (AvgIpc) is 3.29. The first-order valence-electron chi connectivity index (χ1n) is 11.7. The number of benzene rings is 2. The molecule has 9 heteroatoms. The van der Waals surface area contributed by atoms with E-state index in [0.717, 1.165) is 48.9 Å². The zero-order valence-electron chi connectivity index (χ0n) is 19.2. The Morgan fingerprint density at radius 3 is 2.62 bits per heavy atom. The van der Waals surface area contributed by atoms with Gasteiger partial charge in [-0.3, -0.25) is 14.7 Å². The summed E-state index contributed by atoms with van der Waals surface area (Å²) in [5.41, 5.74) is 3.78. The van der Waals surface area contributed by atoms with Gasteiger partial charge in [-0.1, -0.05) is 48.2 Å². The topological polar surface area (TPSA) is 90.9 Å². The van der Waals surface area contributed by atoms with Crippen molar-refractivity contribution >= 4 is 38.4 Å². The van der Waals surface area contributed by atoms with Crippen LogP contribution in [0.4, 0.5) is 5.69 Å². The van der Waals surface area contributed by atoms with Crippen LogP contribution in [0.15, 0.2) is 53.5 Å². The van der Waals surface area contributed by atoms with E-state index in [2.05, 4.69) is 44.8 Å². The van der Waals surface area contributed by atoms with E-state index in [9.17, 15) is 13.2 Å². The first kappa shape index (κ1) is 23.4. The molecule has 2 N–H and O–H groups in total. The summed E-state index contributed by atoms with van der Waals surface area (Å²) < 4.78 is 23.6. The minimum Gasteiger partial charge on any atom is -0.349 e. The monoisotopic (exact) mass is 498 g/mol. The lowest BCUT2D eigenvalue weighted by atomic mass is 10.0. The number of hydrogen-bond acceptors (Lipinski definition) is 7. The molecule has 2 aromatic rings. The van der Waals surface area contributed by atoms with Gasteiger partial charge in [-0.25, -0.2) is 8.42 Å². The summed E-state index contributed by atoms with van der Waals surface area (Å²) in [6.07, 6.45) is 1.88. The highest BCUT2D eigenvalue weighted by Gasteiger charge is 2.42. The highest BCUT2D eigenvalue weighted by atomic mass is 32.2. The van der Waals surface area contributed by atoms with Crippen LogP contribution >= 0.6 is 11.8 Å². The number of aliphatic imine (C=N–C) groups is 1. The summed E-state index contributed by atoms with van der Waals surface area (Å²) in [6, 6.07) is 16.1. The second-order valence-corrected chi connectivity index (χ2v) is 12.8. The van der Waals surface area contributed by atoms with Crippen molar-refractivity contribution in [3.05, 3.63) is 65.2 Å². The van der Waals surface area contributed by atoms with Crippen LogP contribution in [-0.4, -0.2) is 66.3 Å². The molecule has 1 amide bonds. The molecule has 2 atom stereocenters. The highest BCUT2D eigenvalue weighted by Crippen LogP contribution is 2.35. The van der Waals surface area contributed by atoms with Crippen molar-refractivity contribution in [2.24, 2.45) is 4.99 Å². The number of hydrogen-bond donors (Lipinski definition) is 2. The maximum atomic E-state index is 13.0. The van der Waals surface area contributed by atoms with Crippen molar-refractivity contribution in [2.45, 2.75) is 43.6 Å². The van der Waals surface area contributed by atoms with Crippen molar-refractivity contribution in [3.8, 4) is 0 Å². The van der Waals surface area contributed by atoms with Gasteiger partial charge < -0.3 is 10.6 Å². The number of nitrogens with zero attached hydrogens (tertiary/aromatic N) is 2. The summed E-state index contributed by atoms with van der Waals surface area (Å²) >= 11 is 1.48. The van der Waals surface area contributed by atoms with E-state index in [-0.39, 0.29) is 34.7 Å². The van der Waals surface area contributed by atoms with Crippen LogP contribution in [0.25, 0.3) is 0 Å². The van der Waals surface area contributed by atoms with Crippen LogP contribution in [-0.2, 0) is 16.4 Å². The minimum absolute atomic E-state index is 0.00737. The smallest absolute Gasteiger partial charge is 0.251 e. The predicted octanol–water partition coefficient (Wildman–Crippen LogP) is 3.07. The number of aryl methyl sites for hydroxylation is 1. The van der Waals surface area contributed by atoms with Gasteiger partial charge in [0.25, 0.3) is 5.91 Å². The van der Waals surface area contributed by atoms with Crippen molar-refractivity contribution in [1.29, 1.82) is 0 Å². The third kappa shape index (κ3) is 5.47. The molecular weight excluding hydrogens is 468 g/mol. The van der Waals surface area contributed by atoms with Gasteiger partial charge in [-0.2, -0.15) is 0 Å². The molecule has 3 aliphatic rings. The lowest BCUT2D eigenvalue weighted by Crippen LogP contribution is -2.44. The van der Waals surface area contributed by atoms with Crippen LogP contribution in [0.3, 0.4) is 0 Å². The first-order valence-corrected chi connectivity index (χ1v) is 14.4. The van der Waals surface area contributed by atoms with E-state index in [1.165, 1.54) is 17.3 Å². The summed E-state index contributed by atoms with van der Waals surface area (Å²) in [4.78, 5) is 20.0. The molecule has 0 saturated carbocycles. The zero-order chi connectivity index (χ0) is 23.7. The van der Waals surface area contributed by atoms with Gasteiger partial charge in [0, 0.05) is 42.2 Å². The molecular formula is C25H30N4O3S2. The molecule has 0 aromatic heterocycles.